The molecule has 7 nitrogen and oxygen atoms in total. The predicted molar refractivity (Wildman–Crippen MR) is 62.1 cm³/mol. The Morgan fingerprint density at radius 1 is 1.65 bits per heavy atom. The third-order valence-electron chi connectivity index (χ3n) is 2.40. The second-order valence-corrected chi connectivity index (χ2v) is 3.80. The molecule has 0 spiro atoms. The van der Waals surface area contributed by atoms with Crippen molar-refractivity contribution in [1.29, 1.82) is 0 Å². The van der Waals surface area contributed by atoms with Crippen LogP contribution in [0.15, 0.2) is 12.3 Å². The highest BCUT2D eigenvalue weighted by atomic mass is 16.1. The maximum Gasteiger partial charge on any atom is 0.269 e. The highest BCUT2D eigenvalue weighted by molar-refractivity contribution is 5.92. The van der Waals surface area contributed by atoms with E-state index in [2.05, 4.69) is 20.6 Å². The Morgan fingerprint density at radius 2 is 2.41 bits per heavy atom. The first-order valence-corrected chi connectivity index (χ1v) is 5.14. The fourth-order valence-electron chi connectivity index (χ4n) is 1.55. The minimum absolute atomic E-state index is 0.238. The fraction of sp³-hybridized carbons (Fsp3) is 0.300. The van der Waals surface area contributed by atoms with Crippen molar-refractivity contribution in [3.63, 3.8) is 0 Å². The molecule has 0 bridgehead atoms. The van der Waals surface area contributed by atoms with E-state index in [1.54, 1.807) is 4.68 Å². The molecule has 0 fully saturated rings. The highest BCUT2D eigenvalue weighted by Crippen LogP contribution is 2.05. The van der Waals surface area contributed by atoms with E-state index in [0.29, 0.717) is 18.1 Å². The largest absolute Gasteiger partial charge is 0.382 e. The quantitative estimate of drug-likeness (QED) is 0.693. The summed E-state index contributed by atoms with van der Waals surface area (Å²) >= 11 is 0. The summed E-state index contributed by atoms with van der Waals surface area (Å²) in [6.45, 7) is 2.33. The lowest BCUT2D eigenvalue weighted by Gasteiger charge is -2.01. The van der Waals surface area contributed by atoms with Gasteiger partial charge >= 0.3 is 0 Å². The van der Waals surface area contributed by atoms with Crippen LogP contribution in [0.25, 0.3) is 0 Å². The number of carbonyl (C=O) groups is 1. The molecule has 90 valence electrons. The number of H-pyrrole nitrogens is 1. The summed E-state index contributed by atoms with van der Waals surface area (Å²) in [6, 6.07) is 1.49. The van der Waals surface area contributed by atoms with Gasteiger partial charge in [-0.05, 0) is 6.92 Å². The number of nitrogen functional groups attached to an aromatic ring is 1. The molecule has 17 heavy (non-hydrogen) atoms. The minimum Gasteiger partial charge on any atom is -0.382 e. The Hall–Kier alpha value is -2.31. The lowest BCUT2D eigenvalue weighted by Crippen LogP contribution is -2.23. The Morgan fingerprint density at radius 3 is 2.94 bits per heavy atom. The Bertz CT molecular complexity index is 541. The summed E-state index contributed by atoms with van der Waals surface area (Å²) in [6.07, 6.45) is 1.87. The van der Waals surface area contributed by atoms with E-state index >= 15 is 0 Å². The van der Waals surface area contributed by atoms with Crippen LogP contribution >= 0.6 is 0 Å². The molecule has 0 saturated heterocycles. The van der Waals surface area contributed by atoms with E-state index in [1.165, 1.54) is 6.07 Å². The lowest BCUT2D eigenvalue weighted by molar-refractivity contribution is 0.0946. The smallest absolute Gasteiger partial charge is 0.269 e. The molecule has 7 heteroatoms. The van der Waals surface area contributed by atoms with Gasteiger partial charge in [0.2, 0.25) is 0 Å². The maximum absolute atomic E-state index is 11.7. The van der Waals surface area contributed by atoms with E-state index in [-0.39, 0.29) is 5.91 Å². The van der Waals surface area contributed by atoms with Gasteiger partial charge in [-0.15, -0.1) is 0 Å². The van der Waals surface area contributed by atoms with Crippen LogP contribution in [0.5, 0.6) is 0 Å². The summed E-state index contributed by atoms with van der Waals surface area (Å²) in [5.41, 5.74) is 7.65. The number of aryl methyl sites for hydroxylation is 2. The predicted octanol–water partition coefficient (Wildman–Crippen LogP) is -0.0362. The zero-order valence-electron chi connectivity index (χ0n) is 9.69. The van der Waals surface area contributed by atoms with Crippen molar-refractivity contribution in [2.75, 3.05) is 5.73 Å². The van der Waals surface area contributed by atoms with Crippen LogP contribution in [-0.4, -0.2) is 25.9 Å². The van der Waals surface area contributed by atoms with Gasteiger partial charge in [0.05, 0.1) is 5.69 Å². The molecule has 2 aromatic rings. The zero-order chi connectivity index (χ0) is 12.4. The number of amides is 1. The van der Waals surface area contributed by atoms with Gasteiger partial charge in [0.15, 0.2) is 0 Å². The molecule has 2 heterocycles. The lowest BCUT2D eigenvalue weighted by atomic mass is 10.2. The summed E-state index contributed by atoms with van der Waals surface area (Å²) in [4.78, 5) is 11.7. The molecule has 0 saturated carbocycles. The second-order valence-electron chi connectivity index (χ2n) is 3.80. The number of carbonyl (C=O) groups excluding carboxylic acids is 1. The number of nitrogens with two attached hydrogens (primary N) is 1. The molecule has 0 unspecified atom stereocenters. The third-order valence-corrected chi connectivity index (χ3v) is 2.40. The minimum atomic E-state index is -0.238. The molecule has 4 N–H and O–H groups in total. The molecular weight excluding hydrogens is 220 g/mol. The number of nitrogens with zero attached hydrogens (tertiary/aromatic N) is 3. The topological polar surface area (TPSA) is 102 Å². The van der Waals surface area contributed by atoms with Crippen LogP contribution in [0.2, 0.25) is 0 Å². The molecule has 0 radical (unpaired) electrons. The average Bonchev–Trinajstić information content (AvgIpc) is 2.82. The third kappa shape index (κ3) is 2.44. The van der Waals surface area contributed by atoms with Crippen LogP contribution < -0.4 is 11.1 Å². The number of aromatic amines is 1. The van der Waals surface area contributed by atoms with Crippen molar-refractivity contribution in [2.45, 2.75) is 13.5 Å². The van der Waals surface area contributed by atoms with E-state index < -0.39 is 0 Å². The summed E-state index contributed by atoms with van der Waals surface area (Å²) < 4.78 is 1.71. The van der Waals surface area contributed by atoms with Gasteiger partial charge in [-0.25, -0.2) is 0 Å². The molecule has 0 aliphatic carbocycles. The SMILES string of the molecule is Cc1nn(C)cc1CNC(=O)c1cc(N)n[nH]1. The summed E-state index contributed by atoms with van der Waals surface area (Å²) in [7, 11) is 1.84. The van der Waals surface area contributed by atoms with E-state index in [9.17, 15) is 4.79 Å². The zero-order valence-corrected chi connectivity index (χ0v) is 9.69. The molecule has 0 aromatic carbocycles. The van der Waals surface area contributed by atoms with Crippen molar-refractivity contribution >= 4 is 11.7 Å². The van der Waals surface area contributed by atoms with Crippen molar-refractivity contribution < 1.29 is 4.79 Å². The van der Waals surface area contributed by atoms with Crippen molar-refractivity contribution in [2.24, 2.45) is 7.05 Å². The Balaban J connectivity index is 1.99. The van der Waals surface area contributed by atoms with Gasteiger partial charge in [-0.1, -0.05) is 0 Å². The standard InChI is InChI=1S/C10H14N6O/c1-6-7(5-16(2)15-6)4-12-10(17)8-3-9(11)14-13-8/h3,5H,4H2,1-2H3,(H,12,17)(H3,11,13,14). The summed E-state index contributed by atoms with van der Waals surface area (Å²) in [5, 5.41) is 13.2. The first kappa shape index (κ1) is 11.2. The first-order chi connectivity index (χ1) is 8.06. The first-order valence-electron chi connectivity index (χ1n) is 5.14. The van der Waals surface area contributed by atoms with Gasteiger partial charge in [-0.3, -0.25) is 14.6 Å². The fourth-order valence-corrected chi connectivity index (χ4v) is 1.55. The summed E-state index contributed by atoms with van der Waals surface area (Å²) in [5.74, 6) is 0.0603. The van der Waals surface area contributed by atoms with Gasteiger partial charge in [-0.2, -0.15) is 10.2 Å². The highest BCUT2D eigenvalue weighted by Gasteiger charge is 2.09. The number of hydrogen-bond donors (Lipinski definition) is 3. The van der Waals surface area contributed by atoms with E-state index in [0.717, 1.165) is 11.3 Å². The molecule has 1 amide bonds. The number of rotatable bonds is 3. The van der Waals surface area contributed by atoms with Crippen LogP contribution in [-0.2, 0) is 13.6 Å². The Kier molecular flexibility index (Phi) is 2.82. The second kappa shape index (κ2) is 4.28. The normalized spacial score (nSPS) is 10.5. The van der Waals surface area contributed by atoms with Crippen LogP contribution in [0, 0.1) is 6.92 Å². The number of nitrogens with one attached hydrogen (secondary N) is 2. The number of aromatic nitrogens is 4. The molecular formula is C10H14N6O. The molecule has 2 aromatic heterocycles. The van der Waals surface area contributed by atoms with Crippen molar-refractivity contribution in [1.82, 2.24) is 25.3 Å². The number of anilines is 1. The molecule has 0 atom stereocenters. The van der Waals surface area contributed by atoms with Gasteiger partial charge in [0, 0.05) is 31.4 Å². The Labute approximate surface area is 98.0 Å². The average molecular weight is 234 g/mol. The molecule has 2 rings (SSSR count). The van der Waals surface area contributed by atoms with E-state index in [1.807, 2.05) is 20.2 Å². The number of hydrogen-bond acceptors (Lipinski definition) is 4. The molecule has 0 aliphatic heterocycles. The van der Waals surface area contributed by atoms with Crippen molar-refractivity contribution in [3.05, 3.63) is 29.2 Å². The van der Waals surface area contributed by atoms with Crippen LogP contribution in [0.4, 0.5) is 5.82 Å². The van der Waals surface area contributed by atoms with Gasteiger partial charge in [0.1, 0.15) is 11.5 Å². The molecule has 0 aliphatic rings. The van der Waals surface area contributed by atoms with Gasteiger partial charge in [0.25, 0.3) is 5.91 Å². The maximum atomic E-state index is 11.7. The van der Waals surface area contributed by atoms with Crippen LogP contribution in [0.1, 0.15) is 21.7 Å². The van der Waals surface area contributed by atoms with Gasteiger partial charge < -0.3 is 11.1 Å². The van der Waals surface area contributed by atoms with Crippen LogP contribution in [0.3, 0.4) is 0 Å². The monoisotopic (exact) mass is 234 g/mol. The van der Waals surface area contributed by atoms with E-state index in [4.69, 9.17) is 5.73 Å². The van der Waals surface area contributed by atoms with Crippen molar-refractivity contribution in [3.8, 4) is 0 Å².